The van der Waals surface area contributed by atoms with E-state index in [1.165, 1.54) is 44.8 Å². The van der Waals surface area contributed by atoms with Gasteiger partial charge in [-0.15, -0.1) is 0 Å². The Kier molecular flexibility index (Phi) is 12.0. The van der Waals surface area contributed by atoms with Crippen molar-refractivity contribution >= 4 is 0 Å². The monoisotopic (exact) mass is 689 g/mol. The molecule has 3 aromatic carbocycles. The molecule has 1 saturated carbocycles. The minimum Gasteiger partial charge on any atom is -0.508 e. The number of aromatic hydroxyl groups is 1. The number of phenols is 1. The molecular weight excluding hydrogens is 632 g/mol. The predicted octanol–water partition coefficient (Wildman–Crippen LogP) is 5.75. The Hall–Kier alpha value is -3.18. The molecule has 0 radical (unpaired) electrons. The van der Waals surface area contributed by atoms with E-state index in [1.54, 1.807) is 19.2 Å². The van der Waals surface area contributed by atoms with Crippen LogP contribution in [0.1, 0.15) is 86.3 Å². The molecule has 50 heavy (non-hydrogen) atoms. The van der Waals surface area contributed by atoms with Crippen LogP contribution >= 0.6 is 0 Å². The highest BCUT2D eigenvalue weighted by molar-refractivity contribution is 5.44. The second-order valence-corrected chi connectivity index (χ2v) is 15.0. The molecule has 5 N–H and O–H groups in total. The Bertz CT molecular complexity index is 1520. The number of nitrogens with one attached hydrogen (secondary N) is 1. The zero-order valence-electron chi connectivity index (χ0n) is 29.8. The fraction of sp³-hybridized carbons (Fsp3) is 0.561. The van der Waals surface area contributed by atoms with Gasteiger partial charge in [0.05, 0.1) is 52.7 Å². The zero-order chi connectivity index (χ0) is 35.1. The van der Waals surface area contributed by atoms with E-state index in [0.29, 0.717) is 42.6 Å². The van der Waals surface area contributed by atoms with Crippen molar-refractivity contribution in [2.45, 2.75) is 82.3 Å². The van der Waals surface area contributed by atoms with Crippen LogP contribution in [0.15, 0.2) is 66.7 Å². The number of fused-ring (bicyclic) bond motifs is 3. The van der Waals surface area contributed by atoms with Crippen molar-refractivity contribution in [3.63, 3.8) is 0 Å². The number of rotatable bonds is 17. The maximum atomic E-state index is 12.1. The average Bonchev–Trinajstić information content (AvgIpc) is 3.72. The molecule has 1 aliphatic carbocycles. The van der Waals surface area contributed by atoms with Crippen molar-refractivity contribution in [1.82, 2.24) is 5.32 Å². The number of piperidine rings is 3. The molecule has 7 rings (SSSR count). The summed E-state index contributed by atoms with van der Waals surface area (Å²) < 4.78 is 19.8. The van der Waals surface area contributed by atoms with Crippen LogP contribution < -0.4 is 14.8 Å². The van der Waals surface area contributed by atoms with Crippen molar-refractivity contribution in [1.29, 1.82) is 0 Å². The minimum atomic E-state index is -0.925. The van der Waals surface area contributed by atoms with Crippen molar-refractivity contribution in [3.8, 4) is 17.2 Å². The SMILES string of the molecule is COc1cc([C@@H](C)NC[C@H](O)c2ccc(O)c(CO)c2)ccc1OCCC[N+]12CCC(CC1)[C@@H](OCC(O)(c1ccccc1)C1CCCC1)C2. The molecule has 1 unspecified atom stereocenters. The van der Waals surface area contributed by atoms with Crippen LogP contribution in [-0.4, -0.2) is 84.1 Å². The summed E-state index contributed by atoms with van der Waals surface area (Å²) in [5.41, 5.74) is 2.09. The number of hydrogen-bond acceptors (Lipinski definition) is 8. The van der Waals surface area contributed by atoms with Crippen LogP contribution in [0.4, 0.5) is 0 Å². The Labute approximate surface area is 297 Å². The highest BCUT2D eigenvalue weighted by Crippen LogP contribution is 2.43. The van der Waals surface area contributed by atoms with E-state index in [2.05, 4.69) is 17.4 Å². The van der Waals surface area contributed by atoms with E-state index in [4.69, 9.17) is 14.2 Å². The molecule has 0 aromatic heterocycles. The van der Waals surface area contributed by atoms with Gasteiger partial charge in [0.25, 0.3) is 0 Å². The van der Waals surface area contributed by atoms with Crippen molar-refractivity contribution in [3.05, 3.63) is 89.0 Å². The number of aliphatic hydroxyl groups is 3. The normalized spacial score (nSPS) is 24.5. The first kappa shape index (κ1) is 36.6. The van der Waals surface area contributed by atoms with Gasteiger partial charge in [-0.1, -0.05) is 55.3 Å². The van der Waals surface area contributed by atoms with E-state index in [0.717, 1.165) is 53.7 Å². The maximum Gasteiger partial charge on any atom is 0.161 e. The van der Waals surface area contributed by atoms with Crippen LogP contribution in [-0.2, 0) is 16.9 Å². The second-order valence-electron chi connectivity index (χ2n) is 15.0. The van der Waals surface area contributed by atoms with Crippen molar-refractivity contribution in [2.75, 3.05) is 53.0 Å². The Morgan fingerprint density at radius 3 is 2.40 bits per heavy atom. The highest BCUT2D eigenvalue weighted by Gasteiger charge is 2.48. The Balaban J connectivity index is 0.990. The van der Waals surface area contributed by atoms with Gasteiger partial charge in [0.15, 0.2) is 11.5 Å². The first-order valence-corrected chi connectivity index (χ1v) is 18.6. The molecule has 4 fully saturated rings. The molecule has 3 heterocycles. The third kappa shape index (κ3) is 8.30. The van der Waals surface area contributed by atoms with Crippen molar-refractivity contribution < 1.29 is 39.1 Å². The molecule has 272 valence electrons. The first-order valence-electron chi connectivity index (χ1n) is 18.6. The fourth-order valence-corrected chi connectivity index (χ4v) is 8.64. The van der Waals surface area contributed by atoms with Gasteiger partial charge in [-0.2, -0.15) is 0 Å². The topological polar surface area (TPSA) is 121 Å². The number of methoxy groups -OCH3 is 1. The quantitative estimate of drug-likeness (QED) is 0.0899. The molecule has 2 bridgehead atoms. The van der Waals surface area contributed by atoms with Crippen LogP contribution in [0.2, 0.25) is 0 Å². The summed E-state index contributed by atoms with van der Waals surface area (Å²) in [6, 6.07) is 20.9. The lowest BCUT2D eigenvalue weighted by atomic mass is 9.80. The number of ether oxygens (including phenoxy) is 3. The number of hydrogen-bond donors (Lipinski definition) is 5. The van der Waals surface area contributed by atoms with Crippen LogP contribution in [0.3, 0.4) is 0 Å². The third-order valence-electron chi connectivity index (χ3n) is 11.9. The summed E-state index contributed by atoms with van der Waals surface area (Å²) in [5.74, 6) is 2.23. The summed E-state index contributed by atoms with van der Waals surface area (Å²) in [5, 5.41) is 45.4. The van der Waals surface area contributed by atoms with Crippen LogP contribution in [0, 0.1) is 11.8 Å². The molecule has 3 aromatic rings. The second kappa shape index (κ2) is 16.4. The van der Waals surface area contributed by atoms with E-state index in [1.807, 2.05) is 43.3 Å². The lowest BCUT2D eigenvalue weighted by Gasteiger charge is -2.53. The smallest absolute Gasteiger partial charge is 0.161 e. The largest absolute Gasteiger partial charge is 0.508 e. The molecule has 9 heteroatoms. The molecule has 4 atom stereocenters. The van der Waals surface area contributed by atoms with Crippen molar-refractivity contribution in [2.24, 2.45) is 11.8 Å². The van der Waals surface area contributed by atoms with Gasteiger partial charge < -0.3 is 44.4 Å². The molecule has 0 spiro atoms. The molecule has 0 amide bonds. The van der Waals surface area contributed by atoms with Crippen LogP contribution in [0.5, 0.6) is 17.2 Å². The average molecular weight is 690 g/mol. The Morgan fingerprint density at radius 1 is 0.940 bits per heavy atom. The molecular formula is C41H57N2O7+. The van der Waals surface area contributed by atoms with E-state index in [-0.39, 0.29) is 30.4 Å². The van der Waals surface area contributed by atoms with Gasteiger partial charge in [-0.05, 0) is 66.6 Å². The Morgan fingerprint density at radius 2 is 1.68 bits per heavy atom. The van der Waals surface area contributed by atoms with Gasteiger partial charge in [0.1, 0.15) is 24.0 Å². The number of benzene rings is 3. The zero-order valence-corrected chi connectivity index (χ0v) is 29.8. The summed E-state index contributed by atoms with van der Waals surface area (Å²) in [7, 11) is 1.65. The summed E-state index contributed by atoms with van der Waals surface area (Å²) in [4.78, 5) is 0. The summed E-state index contributed by atoms with van der Waals surface area (Å²) >= 11 is 0. The van der Waals surface area contributed by atoms with Gasteiger partial charge in [0.2, 0.25) is 0 Å². The summed E-state index contributed by atoms with van der Waals surface area (Å²) in [6.07, 6.45) is 7.16. The number of quaternary nitrogens is 1. The predicted molar refractivity (Wildman–Crippen MR) is 193 cm³/mol. The van der Waals surface area contributed by atoms with Gasteiger partial charge in [-0.3, -0.25) is 0 Å². The van der Waals surface area contributed by atoms with Gasteiger partial charge in [0, 0.05) is 43.3 Å². The molecule has 3 aliphatic heterocycles. The standard InChI is InChI=1S/C41H56N2O7/c1-29(42-25-37(46)32-13-15-36(45)33(23-32)27-44)31-14-16-38(39(24-31)48-2)49-22-8-19-43-20-17-30(18-21-43)40(26-43)50-28-41(47,35-11-6-7-12-35)34-9-4-3-5-10-34/h3-5,9-10,13-16,23-24,29-30,35,37,40,42,44,46-47H,6-8,11-12,17-22,25-28H2,1-2H3/p+1/t29-,30?,37+,40+,41?,43?/m1/s1. The van der Waals surface area contributed by atoms with Crippen LogP contribution in [0.25, 0.3) is 0 Å². The third-order valence-corrected chi connectivity index (χ3v) is 11.9. The minimum absolute atomic E-state index is 0.0148. The lowest BCUT2D eigenvalue weighted by Crippen LogP contribution is -2.65. The van der Waals surface area contributed by atoms with Gasteiger partial charge in [-0.25, -0.2) is 0 Å². The van der Waals surface area contributed by atoms with E-state index < -0.39 is 11.7 Å². The molecule has 3 saturated heterocycles. The number of nitrogens with zero attached hydrogens (tertiary/aromatic N) is 1. The van der Waals surface area contributed by atoms with E-state index >= 15 is 0 Å². The fourth-order valence-electron chi connectivity index (χ4n) is 8.64. The number of aliphatic hydroxyl groups excluding tert-OH is 2. The molecule has 9 nitrogen and oxygen atoms in total. The summed E-state index contributed by atoms with van der Waals surface area (Å²) in [6.45, 7) is 7.44. The highest BCUT2D eigenvalue weighted by atomic mass is 16.5. The van der Waals surface area contributed by atoms with Gasteiger partial charge >= 0.3 is 0 Å². The lowest BCUT2D eigenvalue weighted by molar-refractivity contribution is -0.946. The molecule has 4 aliphatic rings. The first-order chi connectivity index (χ1) is 24.2. The van der Waals surface area contributed by atoms with E-state index in [9.17, 15) is 20.4 Å². The maximum absolute atomic E-state index is 12.1.